The molecule has 0 unspecified atom stereocenters. The van der Waals surface area contributed by atoms with Crippen molar-refractivity contribution in [1.29, 1.82) is 0 Å². The molecule has 0 atom stereocenters. The molecule has 1 fully saturated rings. The molecule has 0 saturated carbocycles. The van der Waals surface area contributed by atoms with Gasteiger partial charge in [-0.1, -0.05) is 0 Å². The van der Waals surface area contributed by atoms with Crippen molar-refractivity contribution in [3.05, 3.63) is 23.8 Å². The van der Waals surface area contributed by atoms with E-state index in [1.165, 1.54) is 7.11 Å². The molecule has 5 heteroatoms. The lowest BCUT2D eigenvalue weighted by atomic mass is 9.99. The van der Waals surface area contributed by atoms with Gasteiger partial charge in [0.05, 0.1) is 24.0 Å². The van der Waals surface area contributed by atoms with Crippen molar-refractivity contribution in [3.8, 4) is 0 Å². The summed E-state index contributed by atoms with van der Waals surface area (Å²) in [6.45, 7) is 2.63. The standard InChI is InChI=1S/C15H22N2O3/c1-17(10-11-5-7-20-8-6-11)14-4-3-12(9-13(14)16)15(18)19-2/h3-4,9,11H,5-8,10,16H2,1-2H3. The number of nitrogen functional groups attached to an aromatic ring is 1. The maximum absolute atomic E-state index is 11.5. The highest BCUT2D eigenvalue weighted by molar-refractivity contribution is 5.91. The summed E-state index contributed by atoms with van der Waals surface area (Å²) < 4.78 is 10.1. The third-order valence-corrected chi connectivity index (χ3v) is 3.73. The van der Waals surface area contributed by atoms with Gasteiger partial charge in [0, 0.05) is 26.8 Å². The Morgan fingerprint density at radius 2 is 2.15 bits per heavy atom. The molecule has 0 spiro atoms. The van der Waals surface area contributed by atoms with Gasteiger partial charge in [0.1, 0.15) is 0 Å². The lowest BCUT2D eigenvalue weighted by molar-refractivity contribution is 0.0600. The Labute approximate surface area is 119 Å². The van der Waals surface area contributed by atoms with Crippen LogP contribution in [0.2, 0.25) is 0 Å². The monoisotopic (exact) mass is 278 g/mol. The van der Waals surface area contributed by atoms with Crippen LogP contribution in [0.5, 0.6) is 0 Å². The first-order valence-corrected chi connectivity index (χ1v) is 6.88. The van der Waals surface area contributed by atoms with Crippen LogP contribution in [0.1, 0.15) is 23.2 Å². The summed E-state index contributed by atoms with van der Waals surface area (Å²) >= 11 is 0. The molecule has 110 valence electrons. The van der Waals surface area contributed by atoms with Crippen molar-refractivity contribution in [2.24, 2.45) is 5.92 Å². The second-order valence-electron chi connectivity index (χ2n) is 5.20. The van der Waals surface area contributed by atoms with Crippen molar-refractivity contribution in [3.63, 3.8) is 0 Å². The number of carbonyl (C=O) groups is 1. The summed E-state index contributed by atoms with van der Waals surface area (Å²) in [6.07, 6.45) is 2.18. The second kappa shape index (κ2) is 6.61. The minimum absolute atomic E-state index is 0.365. The molecule has 1 aromatic rings. The average molecular weight is 278 g/mol. The van der Waals surface area contributed by atoms with Gasteiger partial charge in [0.15, 0.2) is 0 Å². The highest BCUT2D eigenvalue weighted by atomic mass is 16.5. The van der Waals surface area contributed by atoms with E-state index in [1.54, 1.807) is 12.1 Å². The predicted molar refractivity (Wildman–Crippen MR) is 79.0 cm³/mol. The Bertz CT molecular complexity index is 470. The van der Waals surface area contributed by atoms with Gasteiger partial charge in [-0.15, -0.1) is 0 Å². The zero-order valence-electron chi connectivity index (χ0n) is 12.1. The summed E-state index contributed by atoms with van der Waals surface area (Å²) in [7, 11) is 3.39. The highest BCUT2D eigenvalue weighted by Gasteiger charge is 2.17. The molecule has 2 N–H and O–H groups in total. The molecule has 1 aliphatic heterocycles. The SMILES string of the molecule is COC(=O)c1ccc(N(C)CC2CCOCC2)c(N)c1. The third-order valence-electron chi connectivity index (χ3n) is 3.73. The molecule has 20 heavy (non-hydrogen) atoms. The third kappa shape index (κ3) is 3.42. The number of hydrogen-bond acceptors (Lipinski definition) is 5. The number of rotatable bonds is 4. The van der Waals surface area contributed by atoms with E-state index in [0.717, 1.165) is 38.3 Å². The molecule has 1 aliphatic rings. The summed E-state index contributed by atoms with van der Waals surface area (Å²) in [5.74, 6) is 0.267. The number of hydrogen-bond donors (Lipinski definition) is 1. The zero-order valence-corrected chi connectivity index (χ0v) is 12.1. The molecule has 0 bridgehead atoms. The van der Waals surface area contributed by atoms with Crippen LogP contribution >= 0.6 is 0 Å². The van der Waals surface area contributed by atoms with Gasteiger partial charge in [-0.25, -0.2) is 4.79 Å². The van der Waals surface area contributed by atoms with E-state index in [0.29, 0.717) is 17.2 Å². The van der Waals surface area contributed by atoms with Crippen LogP contribution in [0.3, 0.4) is 0 Å². The number of methoxy groups -OCH3 is 1. The number of benzene rings is 1. The largest absolute Gasteiger partial charge is 0.465 e. The van der Waals surface area contributed by atoms with Crippen LogP contribution in [-0.2, 0) is 9.47 Å². The molecular weight excluding hydrogens is 256 g/mol. The van der Waals surface area contributed by atoms with E-state index in [-0.39, 0.29) is 5.97 Å². The second-order valence-corrected chi connectivity index (χ2v) is 5.20. The molecule has 5 nitrogen and oxygen atoms in total. The Hall–Kier alpha value is -1.75. The van der Waals surface area contributed by atoms with Crippen molar-refractivity contribution >= 4 is 17.3 Å². The first-order valence-electron chi connectivity index (χ1n) is 6.88. The predicted octanol–water partition coefficient (Wildman–Crippen LogP) is 1.92. The zero-order chi connectivity index (χ0) is 14.5. The molecule has 2 rings (SSSR count). The van der Waals surface area contributed by atoms with Crippen molar-refractivity contribution in [2.45, 2.75) is 12.8 Å². The van der Waals surface area contributed by atoms with Crippen molar-refractivity contribution in [1.82, 2.24) is 0 Å². The summed E-state index contributed by atoms with van der Waals surface area (Å²) in [5, 5.41) is 0. The topological polar surface area (TPSA) is 64.8 Å². The summed E-state index contributed by atoms with van der Waals surface area (Å²) in [6, 6.07) is 5.29. The van der Waals surface area contributed by atoms with Crippen LogP contribution in [0.15, 0.2) is 18.2 Å². The first-order chi connectivity index (χ1) is 9.61. The molecule has 1 saturated heterocycles. The van der Waals surface area contributed by atoms with Gasteiger partial charge in [-0.05, 0) is 37.0 Å². The maximum Gasteiger partial charge on any atom is 0.337 e. The van der Waals surface area contributed by atoms with E-state index in [9.17, 15) is 4.79 Å². The van der Waals surface area contributed by atoms with Gasteiger partial charge < -0.3 is 20.1 Å². The smallest absolute Gasteiger partial charge is 0.337 e. The fourth-order valence-electron chi connectivity index (χ4n) is 2.56. The Balaban J connectivity index is 2.05. The fourth-order valence-corrected chi connectivity index (χ4v) is 2.56. The number of ether oxygens (including phenoxy) is 2. The summed E-state index contributed by atoms with van der Waals surface area (Å²) in [4.78, 5) is 13.6. The van der Waals surface area contributed by atoms with Crippen LogP contribution in [0.4, 0.5) is 11.4 Å². The van der Waals surface area contributed by atoms with Gasteiger partial charge in [0.25, 0.3) is 0 Å². The number of nitrogens with zero attached hydrogens (tertiary/aromatic N) is 1. The van der Waals surface area contributed by atoms with Crippen LogP contribution in [-0.4, -0.2) is 39.9 Å². The molecule has 1 aromatic carbocycles. The molecule has 1 heterocycles. The number of anilines is 2. The normalized spacial score (nSPS) is 15.9. The van der Waals surface area contributed by atoms with Gasteiger partial charge >= 0.3 is 5.97 Å². The van der Waals surface area contributed by atoms with E-state index in [2.05, 4.69) is 4.90 Å². The lowest BCUT2D eigenvalue weighted by Gasteiger charge is -2.29. The fraction of sp³-hybridized carbons (Fsp3) is 0.533. The molecule has 0 aliphatic carbocycles. The number of carbonyl (C=O) groups excluding carboxylic acids is 1. The molecular formula is C15H22N2O3. The van der Waals surface area contributed by atoms with Crippen LogP contribution < -0.4 is 10.6 Å². The van der Waals surface area contributed by atoms with Gasteiger partial charge in [-0.2, -0.15) is 0 Å². The van der Waals surface area contributed by atoms with E-state index in [4.69, 9.17) is 15.2 Å². The van der Waals surface area contributed by atoms with Gasteiger partial charge in [0.2, 0.25) is 0 Å². The maximum atomic E-state index is 11.5. The van der Waals surface area contributed by atoms with Gasteiger partial charge in [-0.3, -0.25) is 0 Å². The average Bonchev–Trinajstić information content (AvgIpc) is 2.47. The van der Waals surface area contributed by atoms with E-state index in [1.807, 2.05) is 13.1 Å². The Morgan fingerprint density at radius 3 is 2.75 bits per heavy atom. The van der Waals surface area contributed by atoms with Crippen LogP contribution in [0.25, 0.3) is 0 Å². The van der Waals surface area contributed by atoms with E-state index >= 15 is 0 Å². The number of esters is 1. The van der Waals surface area contributed by atoms with Crippen molar-refractivity contribution < 1.29 is 14.3 Å². The number of nitrogens with two attached hydrogens (primary N) is 1. The molecule has 0 aromatic heterocycles. The minimum Gasteiger partial charge on any atom is -0.465 e. The van der Waals surface area contributed by atoms with Crippen LogP contribution in [0, 0.1) is 5.92 Å². The minimum atomic E-state index is -0.365. The first kappa shape index (κ1) is 14.7. The van der Waals surface area contributed by atoms with E-state index < -0.39 is 0 Å². The quantitative estimate of drug-likeness (QED) is 0.673. The molecule has 0 amide bonds. The van der Waals surface area contributed by atoms with Crippen molar-refractivity contribution in [2.75, 3.05) is 44.5 Å². The molecule has 0 radical (unpaired) electrons. The Morgan fingerprint density at radius 1 is 1.45 bits per heavy atom. The highest BCUT2D eigenvalue weighted by Crippen LogP contribution is 2.26. The lowest BCUT2D eigenvalue weighted by Crippen LogP contribution is -2.30. The Kier molecular flexibility index (Phi) is 4.84. The summed E-state index contributed by atoms with van der Waals surface area (Å²) in [5.41, 5.74) is 8.07.